The van der Waals surface area contributed by atoms with Crippen LogP contribution in [0.1, 0.15) is 5.56 Å². The predicted octanol–water partition coefficient (Wildman–Crippen LogP) is 2.54. The first-order valence-electron chi connectivity index (χ1n) is 6.57. The molecule has 0 atom stereocenters. The lowest BCUT2D eigenvalue weighted by Crippen LogP contribution is -2.09. The maximum absolute atomic E-state index is 12.1. The van der Waals surface area contributed by atoms with Gasteiger partial charge in [-0.3, -0.25) is 4.79 Å². The highest BCUT2D eigenvalue weighted by molar-refractivity contribution is 5.77. The summed E-state index contributed by atoms with van der Waals surface area (Å²) >= 11 is 0. The van der Waals surface area contributed by atoms with E-state index in [1.165, 1.54) is 6.07 Å². The average Bonchev–Trinajstić information content (AvgIpc) is 2.69. The summed E-state index contributed by atoms with van der Waals surface area (Å²) in [4.78, 5) is 12.1. The van der Waals surface area contributed by atoms with E-state index in [1.54, 1.807) is 24.3 Å². The second-order valence-corrected chi connectivity index (χ2v) is 4.82. The van der Waals surface area contributed by atoms with Crippen LogP contribution in [-0.4, -0.2) is 0 Å². The number of nitrogens with two attached hydrogens (primary N) is 1. The summed E-state index contributed by atoms with van der Waals surface area (Å²) in [7, 11) is 0. The third-order valence-corrected chi connectivity index (χ3v) is 3.32. The zero-order chi connectivity index (χ0) is 14.8. The van der Waals surface area contributed by atoms with Crippen LogP contribution in [0.3, 0.4) is 0 Å². The summed E-state index contributed by atoms with van der Waals surface area (Å²) in [5.74, 6) is 6.02. The predicted molar refractivity (Wildman–Crippen MR) is 82.4 cm³/mol. The van der Waals surface area contributed by atoms with Gasteiger partial charge in [0.2, 0.25) is 5.43 Å². The van der Waals surface area contributed by atoms with E-state index in [0.29, 0.717) is 16.5 Å². The number of hydrogen-bond acceptors (Lipinski definition) is 4. The SMILES string of the molecule is Cc1ccc(-c2c/c(=N/N)c3ccccc(=O)c3o2)cc1. The summed E-state index contributed by atoms with van der Waals surface area (Å²) in [6.07, 6.45) is 0. The van der Waals surface area contributed by atoms with Crippen LogP contribution in [0.4, 0.5) is 0 Å². The minimum Gasteiger partial charge on any atom is -0.452 e. The van der Waals surface area contributed by atoms with Crippen molar-refractivity contribution in [3.63, 3.8) is 0 Å². The van der Waals surface area contributed by atoms with Gasteiger partial charge in [0, 0.05) is 17.0 Å². The zero-order valence-corrected chi connectivity index (χ0v) is 11.5. The van der Waals surface area contributed by atoms with Crippen molar-refractivity contribution in [1.29, 1.82) is 0 Å². The van der Waals surface area contributed by atoms with Crippen LogP contribution in [0.15, 0.2) is 68.9 Å². The van der Waals surface area contributed by atoms with E-state index in [-0.39, 0.29) is 11.0 Å². The van der Waals surface area contributed by atoms with Crippen LogP contribution < -0.4 is 16.6 Å². The average molecular weight is 278 g/mol. The standard InChI is InChI=1S/C17H14N2O2/c1-11-6-8-12(9-7-11)16-10-14(19-18)13-4-2-3-5-15(20)17(13)21-16/h2-10H,18H2,1H3/b19-14-. The first-order chi connectivity index (χ1) is 10.2. The van der Waals surface area contributed by atoms with Crippen molar-refractivity contribution < 1.29 is 4.42 Å². The van der Waals surface area contributed by atoms with Crippen molar-refractivity contribution in [3.8, 4) is 11.3 Å². The summed E-state index contributed by atoms with van der Waals surface area (Å²) in [5, 5.41) is 4.90. The van der Waals surface area contributed by atoms with Crippen molar-refractivity contribution in [2.45, 2.75) is 6.92 Å². The fourth-order valence-electron chi connectivity index (χ4n) is 2.19. The van der Waals surface area contributed by atoms with Crippen LogP contribution in [-0.2, 0) is 0 Å². The maximum atomic E-state index is 12.1. The number of benzene rings is 1. The molecule has 0 radical (unpaired) electrons. The van der Waals surface area contributed by atoms with E-state index in [2.05, 4.69) is 5.10 Å². The van der Waals surface area contributed by atoms with Gasteiger partial charge < -0.3 is 10.3 Å². The number of aryl methyl sites for hydroxylation is 1. The van der Waals surface area contributed by atoms with Crippen LogP contribution in [0.5, 0.6) is 0 Å². The van der Waals surface area contributed by atoms with Gasteiger partial charge in [0.1, 0.15) is 5.76 Å². The van der Waals surface area contributed by atoms with Crippen molar-refractivity contribution in [2.24, 2.45) is 10.9 Å². The molecule has 1 aromatic heterocycles. The van der Waals surface area contributed by atoms with Gasteiger partial charge in [0.15, 0.2) is 5.58 Å². The molecule has 2 aromatic carbocycles. The molecule has 3 aromatic rings. The summed E-state index contributed by atoms with van der Waals surface area (Å²) in [6, 6.07) is 16.3. The highest BCUT2D eigenvalue weighted by atomic mass is 16.3. The molecule has 1 heterocycles. The van der Waals surface area contributed by atoms with E-state index in [1.807, 2.05) is 31.2 Å². The van der Waals surface area contributed by atoms with Crippen molar-refractivity contribution in [3.05, 3.63) is 75.7 Å². The topological polar surface area (TPSA) is 68.6 Å². The molecule has 4 nitrogen and oxygen atoms in total. The highest BCUT2D eigenvalue weighted by Gasteiger charge is 2.07. The summed E-state index contributed by atoms with van der Waals surface area (Å²) in [5.41, 5.74) is 2.08. The molecule has 0 aliphatic heterocycles. The molecule has 0 saturated heterocycles. The Balaban J connectivity index is 2.40. The summed E-state index contributed by atoms with van der Waals surface area (Å²) < 4.78 is 5.79. The fraction of sp³-hybridized carbons (Fsp3) is 0.0588. The molecule has 0 amide bonds. The quantitative estimate of drug-likeness (QED) is 0.549. The highest BCUT2D eigenvalue weighted by Crippen LogP contribution is 2.20. The first-order valence-corrected chi connectivity index (χ1v) is 6.57. The molecule has 0 spiro atoms. The van der Waals surface area contributed by atoms with Crippen LogP contribution in [0.2, 0.25) is 0 Å². The van der Waals surface area contributed by atoms with Crippen molar-refractivity contribution >= 4 is 11.0 Å². The van der Waals surface area contributed by atoms with Gasteiger partial charge in [-0.15, -0.1) is 0 Å². The largest absolute Gasteiger partial charge is 0.452 e. The molecular formula is C17H14N2O2. The molecular weight excluding hydrogens is 264 g/mol. The smallest absolute Gasteiger partial charge is 0.221 e. The van der Waals surface area contributed by atoms with Crippen molar-refractivity contribution in [2.75, 3.05) is 0 Å². The normalized spacial score (nSPS) is 11.8. The molecule has 4 heteroatoms. The second kappa shape index (κ2) is 5.25. The third kappa shape index (κ3) is 2.43. The Bertz CT molecular complexity index is 925. The monoisotopic (exact) mass is 278 g/mol. The molecule has 0 fully saturated rings. The lowest BCUT2D eigenvalue weighted by Gasteiger charge is -2.03. The van der Waals surface area contributed by atoms with E-state index in [4.69, 9.17) is 10.3 Å². The second-order valence-electron chi connectivity index (χ2n) is 4.82. The van der Waals surface area contributed by atoms with E-state index in [0.717, 1.165) is 11.1 Å². The lowest BCUT2D eigenvalue weighted by molar-refractivity contribution is 0.615. The van der Waals surface area contributed by atoms with E-state index < -0.39 is 0 Å². The molecule has 0 unspecified atom stereocenters. The Morgan fingerprint density at radius 1 is 1.05 bits per heavy atom. The van der Waals surface area contributed by atoms with E-state index in [9.17, 15) is 4.79 Å². The Hall–Kier alpha value is -2.88. The molecule has 21 heavy (non-hydrogen) atoms. The van der Waals surface area contributed by atoms with Crippen molar-refractivity contribution in [1.82, 2.24) is 0 Å². The lowest BCUT2D eigenvalue weighted by atomic mass is 10.1. The molecule has 2 N–H and O–H groups in total. The number of fused-ring (bicyclic) bond motifs is 1. The Morgan fingerprint density at radius 3 is 2.48 bits per heavy atom. The third-order valence-electron chi connectivity index (χ3n) is 3.32. The molecule has 0 aliphatic rings. The Kier molecular flexibility index (Phi) is 3.28. The minimum atomic E-state index is -0.200. The Morgan fingerprint density at radius 2 is 1.76 bits per heavy atom. The first kappa shape index (κ1) is 13.1. The van der Waals surface area contributed by atoms with Crippen LogP contribution in [0, 0.1) is 6.92 Å². The maximum Gasteiger partial charge on any atom is 0.221 e. The van der Waals surface area contributed by atoms with Gasteiger partial charge in [0.25, 0.3) is 0 Å². The minimum absolute atomic E-state index is 0.200. The summed E-state index contributed by atoms with van der Waals surface area (Å²) in [6.45, 7) is 2.01. The van der Waals surface area contributed by atoms with Gasteiger partial charge in [-0.05, 0) is 19.1 Å². The molecule has 3 rings (SSSR count). The number of rotatable bonds is 1. The number of nitrogens with zero attached hydrogens (tertiary/aromatic N) is 1. The van der Waals surface area contributed by atoms with E-state index >= 15 is 0 Å². The molecule has 0 saturated carbocycles. The van der Waals surface area contributed by atoms with Crippen LogP contribution in [0.25, 0.3) is 22.3 Å². The van der Waals surface area contributed by atoms with Gasteiger partial charge >= 0.3 is 0 Å². The molecule has 0 bridgehead atoms. The van der Waals surface area contributed by atoms with Crippen LogP contribution >= 0.6 is 0 Å². The zero-order valence-electron chi connectivity index (χ0n) is 11.5. The van der Waals surface area contributed by atoms with Gasteiger partial charge in [-0.2, -0.15) is 5.10 Å². The fourth-order valence-corrected chi connectivity index (χ4v) is 2.19. The van der Waals surface area contributed by atoms with Gasteiger partial charge in [-0.1, -0.05) is 42.0 Å². The number of hydrogen-bond donors (Lipinski definition) is 1. The van der Waals surface area contributed by atoms with Gasteiger partial charge in [0.05, 0.1) is 5.36 Å². The Labute approximate surface area is 121 Å². The molecule has 0 aliphatic carbocycles. The molecule has 104 valence electrons. The van der Waals surface area contributed by atoms with Gasteiger partial charge in [-0.25, -0.2) is 0 Å².